The van der Waals surface area contributed by atoms with E-state index < -0.39 is 0 Å². The highest BCUT2D eigenvalue weighted by molar-refractivity contribution is 6.06. The van der Waals surface area contributed by atoms with E-state index >= 15 is 0 Å². The van der Waals surface area contributed by atoms with E-state index in [1.165, 1.54) is 12.8 Å². The number of carbonyl (C=O) groups excluding carboxylic acids is 1. The number of rotatable bonds is 5. The second-order valence-electron chi connectivity index (χ2n) is 6.73. The van der Waals surface area contributed by atoms with Gasteiger partial charge in [-0.15, -0.1) is 0 Å². The Balaban J connectivity index is 1.48. The Hall–Kier alpha value is -1.98. The first-order valence-corrected chi connectivity index (χ1v) is 8.92. The number of hydrogen-bond acceptors (Lipinski definition) is 4. The van der Waals surface area contributed by atoms with Gasteiger partial charge in [0.1, 0.15) is 0 Å². The highest BCUT2D eigenvalue weighted by Crippen LogP contribution is 2.40. The molecule has 2 N–H and O–H groups in total. The average Bonchev–Trinajstić information content (AvgIpc) is 3.47. The fourth-order valence-electron chi connectivity index (χ4n) is 3.33. The number of benzene rings is 1. The molecule has 1 aromatic carbocycles. The van der Waals surface area contributed by atoms with Crippen molar-refractivity contribution in [2.24, 2.45) is 0 Å². The van der Waals surface area contributed by atoms with Crippen molar-refractivity contribution < 1.29 is 4.79 Å². The molecule has 1 aliphatic heterocycles. The fraction of sp³-hybridized carbons (Fsp3) is 0.474. The topological polar surface area (TPSA) is 57.3 Å². The molecule has 4 rings (SSSR count). The lowest BCUT2D eigenvalue weighted by atomic mass is 10.1. The van der Waals surface area contributed by atoms with Gasteiger partial charge in [0.25, 0.3) is 5.91 Å². The Kier molecular flexibility index (Phi) is 4.45. The van der Waals surface area contributed by atoms with E-state index in [1.807, 2.05) is 30.3 Å². The lowest BCUT2D eigenvalue weighted by Crippen LogP contribution is -2.46. The lowest BCUT2D eigenvalue weighted by Gasteiger charge is -2.27. The summed E-state index contributed by atoms with van der Waals surface area (Å²) in [6.07, 6.45) is 2.38. The van der Waals surface area contributed by atoms with Crippen LogP contribution >= 0.6 is 0 Å². The van der Waals surface area contributed by atoms with Crippen molar-refractivity contribution in [1.29, 1.82) is 0 Å². The largest absolute Gasteiger partial charge is 0.351 e. The molecule has 2 aliphatic rings. The molecule has 1 aliphatic carbocycles. The van der Waals surface area contributed by atoms with Gasteiger partial charge in [-0.25, -0.2) is 0 Å². The van der Waals surface area contributed by atoms with Crippen LogP contribution in [0.4, 0.5) is 0 Å². The maximum Gasteiger partial charge on any atom is 0.252 e. The molecule has 2 heterocycles. The number of nitrogens with one attached hydrogen (secondary N) is 2. The van der Waals surface area contributed by atoms with E-state index in [1.54, 1.807) is 0 Å². The molecule has 1 aromatic heterocycles. The smallest absolute Gasteiger partial charge is 0.252 e. The normalized spacial score (nSPS) is 18.7. The molecule has 24 heavy (non-hydrogen) atoms. The van der Waals surface area contributed by atoms with E-state index in [0.29, 0.717) is 12.5 Å². The Morgan fingerprint density at radius 3 is 2.83 bits per heavy atom. The van der Waals surface area contributed by atoms with Crippen LogP contribution in [0, 0.1) is 0 Å². The molecule has 0 radical (unpaired) electrons. The number of fused-ring (bicyclic) bond motifs is 1. The number of nitrogens with zero attached hydrogens (tertiary/aromatic N) is 2. The molecule has 2 aromatic rings. The summed E-state index contributed by atoms with van der Waals surface area (Å²) in [6, 6.07) is 9.94. The molecule has 2 fully saturated rings. The monoisotopic (exact) mass is 324 g/mol. The average molecular weight is 324 g/mol. The molecule has 126 valence electrons. The number of para-hydroxylation sites is 1. The fourth-order valence-corrected chi connectivity index (χ4v) is 3.33. The van der Waals surface area contributed by atoms with Gasteiger partial charge >= 0.3 is 0 Å². The third-order valence-electron chi connectivity index (χ3n) is 4.90. The highest BCUT2D eigenvalue weighted by Gasteiger charge is 2.26. The second kappa shape index (κ2) is 6.87. The van der Waals surface area contributed by atoms with Gasteiger partial charge in [0.05, 0.1) is 11.1 Å². The Labute approximate surface area is 142 Å². The quantitative estimate of drug-likeness (QED) is 0.880. The van der Waals surface area contributed by atoms with Crippen LogP contribution in [0.25, 0.3) is 10.9 Å². The molecule has 0 unspecified atom stereocenters. The van der Waals surface area contributed by atoms with Crippen molar-refractivity contribution in [2.75, 3.05) is 39.3 Å². The summed E-state index contributed by atoms with van der Waals surface area (Å²) in [5.74, 6) is 0.563. The van der Waals surface area contributed by atoms with Crippen LogP contribution in [0.3, 0.4) is 0 Å². The second-order valence-corrected chi connectivity index (χ2v) is 6.73. The standard InChI is InChI=1S/C19H24N4O/c24-19(21-9-12-23-10-7-20-8-11-23)16-13-18(14-5-6-14)22-17-4-2-1-3-15(16)17/h1-4,13-14,20H,5-12H2,(H,21,24). The van der Waals surface area contributed by atoms with Crippen molar-refractivity contribution in [3.05, 3.63) is 41.6 Å². The van der Waals surface area contributed by atoms with Crippen LogP contribution in [-0.2, 0) is 0 Å². The van der Waals surface area contributed by atoms with Gasteiger partial charge in [0, 0.05) is 56.3 Å². The molecule has 0 spiro atoms. The Morgan fingerprint density at radius 2 is 2.04 bits per heavy atom. The maximum absolute atomic E-state index is 12.7. The van der Waals surface area contributed by atoms with Crippen LogP contribution < -0.4 is 10.6 Å². The minimum atomic E-state index is 0.0191. The van der Waals surface area contributed by atoms with E-state index in [2.05, 4.69) is 15.5 Å². The number of amides is 1. The Bertz CT molecular complexity index is 735. The number of hydrogen-bond donors (Lipinski definition) is 2. The van der Waals surface area contributed by atoms with Gasteiger partial charge in [0.2, 0.25) is 0 Å². The van der Waals surface area contributed by atoms with Crippen LogP contribution in [0.15, 0.2) is 30.3 Å². The van der Waals surface area contributed by atoms with Gasteiger partial charge in [-0.05, 0) is 25.0 Å². The molecule has 1 saturated carbocycles. The molecule has 1 saturated heterocycles. The van der Waals surface area contributed by atoms with E-state index in [4.69, 9.17) is 4.98 Å². The lowest BCUT2D eigenvalue weighted by molar-refractivity contribution is 0.0948. The molecule has 0 bridgehead atoms. The first-order chi connectivity index (χ1) is 11.8. The van der Waals surface area contributed by atoms with Gasteiger partial charge in [-0.3, -0.25) is 14.7 Å². The maximum atomic E-state index is 12.7. The molecule has 0 atom stereocenters. The third kappa shape index (κ3) is 3.42. The third-order valence-corrected chi connectivity index (χ3v) is 4.90. The zero-order chi connectivity index (χ0) is 16.4. The molecule has 5 nitrogen and oxygen atoms in total. The summed E-state index contributed by atoms with van der Waals surface area (Å²) in [6.45, 7) is 5.78. The molecular weight excluding hydrogens is 300 g/mol. The van der Waals surface area contributed by atoms with Crippen LogP contribution in [0.2, 0.25) is 0 Å². The van der Waals surface area contributed by atoms with E-state index in [9.17, 15) is 4.79 Å². The SMILES string of the molecule is O=C(NCCN1CCNCC1)c1cc(C2CC2)nc2ccccc12. The zero-order valence-corrected chi connectivity index (χ0v) is 13.9. The number of carbonyl (C=O) groups is 1. The summed E-state index contributed by atoms with van der Waals surface area (Å²) in [7, 11) is 0. The summed E-state index contributed by atoms with van der Waals surface area (Å²) < 4.78 is 0. The first kappa shape index (κ1) is 15.5. The van der Waals surface area contributed by atoms with Crippen LogP contribution in [0.1, 0.15) is 34.8 Å². The minimum absolute atomic E-state index is 0.0191. The zero-order valence-electron chi connectivity index (χ0n) is 13.9. The van der Waals surface area contributed by atoms with Gasteiger partial charge in [-0.2, -0.15) is 0 Å². The van der Waals surface area contributed by atoms with E-state index in [0.717, 1.165) is 54.9 Å². The van der Waals surface area contributed by atoms with Crippen LogP contribution in [0.5, 0.6) is 0 Å². The van der Waals surface area contributed by atoms with Gasteiger partial charge in [0.15, 0.2) is 0 Å². The number of aromatic nitrogens is 1. The summed E-state index contributed by atoms with van der Waals surface area (Å²) in [5.41, 5.74) is 2.76. The van der Waals surface area contributed by atoms with Crippen molar-refractivity contribution >= 4 is 16.8 Å². The summed E-state index contributed by atoms with van der Waals surface area (Å²) in [5, 5.41) is 7.39. The predicted octanol–water partition coefficient (Wildman–Crippen LogP) is 1.75. The Morgan fingerprint density at radius 1 is 1.25 bits per heavy atom. The highest BCUT2D eigenvalue weighted by atomic mass is 16.1. The van der Waals surface area contributed by atoms with Gasteiger partial charge < -0.3 is 10.6 Å². The number of piperazine rings is 1. The molecule has 5 heteroatoms. The van der Waals surface area contributed by atoms with Crippen molar-refractivity contribution in [3.8, 4) is 0 Å². The summed E-state index contributed by atoms with van der Waals surface area (Å²) >= 11 is 0. The van der Waals surface area contributed by atoms with Crippen LogP contribution in [-0.4, -0.2) is 55.1 Å². The van der Waals surface area contributed by atoms with Crippen molar-refractivity contribution in [3.63, 3.8) is 0 Å². The predicted molar refractivity (Wildman–Crippen MR) is 95.4 cm³/mol. The van der Waals surface area contributed by atoms with Gasteiger partial charge in [-0.1, -0.05) is 18.2 Å². The minimum Gasteiger partial charge on any atom is -0.351 e. The molecular formula is C19H24N4O. The first-order valence-electron chi connectivity index (χ1n) is 8.92. The summed E-state index contributed by atoms with van der Waals surface area (Å²) in [4.78, 5) is 19.9. The van der Waals surface area contributed by atoms with Crippen molar-refractivity contribution in [2.45, 2.75) is 18.8 Å². The number of pyridine rings is 1. The van der Waals surface area contributed by atoms with Crippen molar-refractivity contribution in [1.82, 2.24) is 20.5 Å². The molecule has 1 amide bonds. The van der Waals surface area contributed by atoms with E-state index in [-0.39, 0.29) is 5.91 Å².